The maximum atomic E-state index is 12.3. The van der Waals surface area contributed by atoms with E-state index in [0.29, 0.717) is 5.70 Å². The first kappa shape index (κ1) is 20.9. The van der Waals surface area contributed by atoms with Crippen LogP contribution in [0.5, 0.6) is 5.75 Å². The van der Waals surface area contributed by atoms with Gasteiger partial charge in [0.2, 0.25) is 5.43 Å². The molecule has 5 heteroatoms. The molecule has 0 atom stereocenters. The third-order valence-electron chi connectivity index (χ3n) is 4.52. The van der Waals surface area contributed by atoms with Crippen LogP contribution in [-0.2, 0) is 13.0 Å². The van der Waals surface area contributed by atoms with Gasteiger partial charge in [-0.1, -0.05) is 72.8 Å². The Labute approximate surface area is 175 Å². The summed E-state index contributed by atoms with van der Waals surface area (Å²) in [4.78, 5) is 24.0. The first-order chi connectivity index (χ1) is 14.5. The van der Waals surface area contributed by atoms with E-state index in [1.54, 1.807) is 13.0 Å². The highest BCUT2D eigenvalue weighted by Gasteiger charge is 2.14. The van der Waals surface area contributed by atoms with Crippen molar-refractivity contribution in [2.24, 2.45) is 0 Å². The molecule has 30 heavy (non-hydrogen) atoms. The number of aromatic carboxylic acids is 1. The highest BCUT2D eigenvalue weighted by atomic mass is 16.5. The summed E-state index contributed by atoms with van der Waals surface area (Å²) in [6, 6.07) is 20.6. The molecule has 3 rings (SSSR count). The SMILES string of the molecule is C/C(=C\C=C/Cc1ccccc1)n1cc(OCc2ccccc2)c(=O)cc1C(=O)O. The lowest BCUT2D eigenvalue weighted by atomic mass is 10.1. The van der Waals surface area contributed by atoms with Gasteiger partial charge in [-0.2, -0.15) is 0 Å². The molecule has 0 amide bonds. The number of carboxylic acid groups (broad SMARTS) is 1. The van der Waals surface area contributed by atoms with Crippen molar-refractivity contribution in [1.29, 1.82) is 0 Å². The number of hydrogen-bond acceptors (Lipinski definition) is 3. The number of pyridine rings is 1. The zero-order valence-corrected chi connectivity index (χ0v) is 16.7. The first-order valence-electron chi connectivity index (χ1n) is 9.59. The van der Waals surface area contributed by atoms with Gasteiger partial charge in [0.15, 0.2) is 5.75 Å². The summed E-state index contributed by atoms with van der Waals surface area (Å²) < 4.78 is 7.12. The summed E-state index contributed by atoms with van der Waals surface area (Å²) in [5.41, 5.74) is 2.18. The second-order valence-electron chi connectivity index (χ2n) is 6.76. The maximum Gasteiger partial charge on any atom is 0.353 e. The van der Waals surface area contributed by atoms with Crippen molar-refractivity contribution in [3.05, 3.63) is 118 Å². The van der Waals surface area contributed by atoms with Gasteiger partial charge in [-0.05, 0) is 30.5 Å². The van der Waals surface area contributed by atoms with Gasteiger partial charge in [-0.15, -0.1) is 0 Å². The van der Waals surface area contributed by atoms with E-state index in [9.17, 15) is 14.7 Å². The summed E-state index contributed by atoms with van der Waals surface area (Å²) >= 11 is 0. The molecule has 0 saturated carbocycles. The predicted octanol–water partition coefficient (Wildman–Crippen LogP) is 4.79. The monoisotopic (exact) mass is 401 g/mol. The molecule has 0 unspecified atom stereocenters. The minimum absolute atomic E-state index is 0.102. The highest BCUT2D eigenvalue weighted by molar-refractivity contribution is 5.87. The fourth-order valence-corrected chi connectivity index (χ4v) is 2.92. The van der Waals surface area contributed by atoms with Crippen LogP contribution >= 0.6 is 0 Å². The van der Waals surface area contributed by atoms with Crippen LogP contribution in [-0.4, -0.2) is 15.6 Å². The number of carbonyl (C=O) groups is 1. The quantitative estimate of drug-likeness (QED) is 0.551. The van der Waals surface area contributed by atoms with E-state index in [1.165, 1.54) is 16.3 Å². The average molecular weight is 401 g/mol. The molecular formula is C25H23NO4. The molecule has 0 saturated heterocycles. The van der Waals surface area contributed by atoms with Crippen LogP contribution in [0.2, 0.25) is 0 Å². The zero-order valence-electron chi connectivity index (χ0n) is 16.7. The van der Waals surface area contributed by atoms with E-state index < -0.39 is 11.4 Å². The van der Waals surface area contributed by atoms with Gasteiger partial charge >= 0.3 is 5.97 Å². The second kappa shape index (κ2) is 10.1. The van der Waals surface area contributed by atoms with Gasteiger partial charge in [-0.25, -0.2) is 4.79 Å². The molecule has 3 aromatic rings. The van der Waals surface area contributed by atoms with E-state index in [1.807, 2.05) is 72.8 Å². The molecular weight excluding hydrogens is 378 g/mol. The van der Waals surface area contributed by atoms with Crippen LogP contribution in [0.4, 0.5) is 0 Å². The Kier molecular flexibility index (Phi) is 7.00. The van der Waals surface area contributed by atoms with Crippen molar-refractivity contribution in [2.45, 2.75) is 20.0 Å². The van der Waals surface area contributed by atoms with E-state index in [2.05, 4.69) is 0 Å². The summed E-state index contributed by atoms with van der Waals surface area (Å²) in [6.45, 7) is 2.01. The molecule has 0 aliphatic carbocycles. The zero-order chi connectivity index (χ0) is 21.3. The number of benzene rings is 2. The topological polar surface area (TPSA) is 68.5 Å². The highest BCUT2D eigenvalue weighted by Crippen LogP contribution is 2.15. The van der Waals surface area contributed by atoms with Gasteiger partial charge in [0.1, 0.15) is 12.3 Å². The number of aromatic nitrogens is 1. The van der Waals surface area contributed by atoms with Crippen LogP contribution in [0, 0.1) is 0 Å². The number of ether oxygens (including phenoxy) is 1. The van der Waals surface area contributed by atoms with Crippen LogP contribution < -0.4 is 10.2 Å². The maximum absolute atomic E-state index is 12.3. The molecule has 1 aromatic heterocycles. The molecule has 1 heterocycles. The van der Waals surface area contributed by atoms with Crippen molar-refractivity contribution in [2.75, 3.05) is 0 Å². The van der Waals surface area contributed by atoms with Gasteiger partial charge < -0.3 is 14.4 Å². The Morgan fingerprint density at radius 3 is 2.30 bits per heavy atom. The molecule has 0 aliphatic rings. The largest absolute Gasteiger partial charge is 0.483 e. The Morgan fingerprint density at radius 1 is 1.03 bits per heavy atom. The van der Waals surface area contributed by atoms with E-state index in [0.717, 1.165) is 18.1 Å². The first-order valence-corrected chi connectivity index (χ1v) is 9.59. The van der Waals surface area contributed by atoms with Gasteiger partial charge in [0, 0.05) is 11.8 Å². The lowest BCUT2D eigenvalue weighted by molar-refractivity contribution is 0.0687. The molecule has 0 fully saturated rings. The van der Waals surface area contributed by atoms with Crippen LogP contribution in [0.25, 0.3) is 5.70 Å². The molecule has 0 bridgehead atoms. The van der Waals surface area contributed by atoms with Crippen molar-refractivity contribution in [3.63, 3.8) is 0 Å². The average Bonchev–Trinajstić information content (AvgIpc) is 2.77. The molecule has 1 N–H and O–H groups in total. The summed E-state index contributed by atoms with van der Waals surface area (Å²) in [5, 5.41) is 9.51. The molecule has 2 aromatic carbocycles. The second-order valence-corrected chi connectivity index (χ2v) is 6.76. The minimum atomic E-state index is -1.18. The van der Waals surface area contributed by atoms with Crippen LogP contribution in [0.1, 0.15) is 28.5 Å². The minimum Gasteiger partial charge on any atom is -0.483 e. The Morgan fingerprint density at radius 2 is 1.67 bits per heavy atom. The predicted molar refractivity (Wildman–Crippen MR) is 118 cm³/mol. The Bertz CT molecular complexity index is 1110. The van der Waals surface area contributed by atoms with Crippen LogP contribution in [0.3, 0.4) is 0 Å². The van der Waals surface area contributed by atoms with Crippen molar-refractivity contribution >= 4 is 11.7 Å². The molecule has 5 nitrogen and oxygen atoms in total. The summed E-state index contributed by atoms with van der Waals surface area (Å²) in [6.07, 6.45) is 7.88. The third kappa shape index (κ3) is 5.58. The normalized spacial score (nSPS) is 11.6. The lowest BCUT2D eigenvalue weighted by Gasteiger charge is -2.13. The van der Waals surface area contributed by atoms with Crippen molar-refractivity contribution in [3.8, 4) is 5.75 Å². The Balaban J connectivity index is 1.81. The van der Waals surface area contributed by atoms with E-state index >= 15 is 0 Å². The molecule has 0 aliphatic heterocycles. The van der Waals surface area contributed by atoms with Crippen molar-refractivity contribution < 1.29 is 14.6 Å². The van der Waals surface area contributed by atoms with E-state index in [4.69, 9.17) is 4.74 Å². The summed E-state index contributed by atoms with van der Waals surface area (Å²) in [5.74, 6) is -1.08. The number of rotatable bonds is 8. The third-order valence-corrected chi connectivity index (χ3v) is 4.52. The van der Waals surface area contributed by atoms with Gasteiger partial charge in [0.25, 0.3) is 0 Å². The smallest absolute Gasteiger partial charge is 0.353 e. The van der Waals surface area contributed by atoms with Crippen LogP contribution in [0.15, 0.2) is 95.9 Å². The fraction of sp³-hybridized carbons (Fsp3) is 0.120. The molecule has 0 radical (unpaired) electrons. The number of allylic oxidation sites excluding steroid dienone is 4. The van der Waals surface area contributed by atoms with E-state index in [-0.39, 0.29) is 18.1 Å². The number of carboxylic acids is 1. The standard InChI is InChI=1S/C25H23NO4/c1-19(10-8-9-13-20-11-4-2-5-12-20)26-17-24(23(27)16-22(26)25(28)29)30-18-21-14-6-3-7-15-21/h2-12,14-17H,13,18H2,1H3,(H,28,29)/b9-8-,19-10+. The molecule has 0 spiro atoms. The lowest BCUT2D eigenvalue weighted by Crippen LogP contribution is -2.17. The fourth-order valence-electron chi connectivity index (χ4n) is 2.92. The van der Waals surface area contributed by atoms with Gasteiger partial charge in [0.05, 0.1) is 6.20 Å². The number of nitrogens with zero attached hydrogens (tertiary/aromatic N) is 1. The Hall–Kier alpha value is -3.86. The summed E-state index contributed by atoms with van der Waals surface area (Å²) in [7, 11) is 0. The number of hydrogen-bond donors (Lipinski definition) is 1. The van der Waals surface area contributed by atoms with Crippen molar-refractivity contribution in [1.82, 2.24) is 4.57 Å². The molecule has 152 valence electrons. The van der Waals surface area contributed by atoms with Gasteiger partial charge in [-0.3, -0.25) is 4.79 Å².